The number of aromatic nitrogens is 2. The van der Waals surface area contributed by atoms with Crippen molar-refractivity contribution in [3.63, 3.8) is 0 Å². The monoisotopic (exact) mass is 553 g/mol. The lowest BCUT2D eigenvalue weighted by atomic mass is 10.2. The highest BCUT2D eigenvalue weighted by molar-refractivity contribution is 8.26. The molecule has 0 unspecified atom stereocenters. The van der Waals surface area contributed by atoms with Crippen molar-refractivity contribution in [1.82, 2.24) is 14.3 Å². The average Bonchev–Trinajstić information content (AvgIpc) is 3.12. The smallest absolute Gasteiger partial charge is 0.269 e. The molecule has 6 nitrogen and oxygen atoms in total. The summed E-state index contributed by atoms with van der Waals surface area (Å²) in [5.41, 5.74) is 1.71. The SMILES string of the molecule is Cc1cccn2c(=O)c(/C=C3/SC(=S)N(Cc4ccccc4Cl)C3=O)c(Oc3ccccc3Cl)nc12. The van der Waals surface area contributed by atoms with Crippen LogP contribution >= 0.6 is 47.2 Å². The van der Waals surface area contributed by atoms with Crippen molar-refractivity contribution in [2.75, 3.05) is 0 Å². The van der Waals surface area contributed by atoms with Gasteiger partial charge in [0.15, 0.2) is 0 Å². The molecular formula is C26H17Cl2N3O3S2. The zero-order valence-electron chi connectivity index (χ0n) is 18.8. The van der Waals surface area contributed by atoms with Gasteiger partial charge in [-0.2, -0.15) is 4.98 Å². The van der Waals surface area contributed by atoms with Crippen LogP contribution < -0.4 is 10.3 Å². The number of thioether (sulfide) groups is 1. The quantitative estimate of drug-likeness (QED) is 0.207. The van der Waals surface area contributed by atoms with Gasteiger partial charge in [-0.25, -0.2) is 0 Å². The number of para-hydroxylation sites is 1. The fourth-order valence-corrected chi connectivity index (χ4v) is 5.30. The van der Waals surface area contributed by atoms with Gasteiger partial charge in [0.25, 0.3) is 11.5 Å². The Morgan fingerprint density at radius 3 is 2.50 bits per heavy atom. The van der Waals surface area contributed by atoms with Crippen LogP contribution in [0, 0.1) is 6.92 Å². The van der Waals surface area contributed by atoms with Gasteiger partial charge in [-0.3, -0.25) is 18.9 Å². The molecule has 36 heavy (non-hydrogen) atoms. The molecule has 0 spiro atoms. The highest BCUT2D eigenvalue weighted by atomic mass is 35.5. The molecule has 1 aliphatic heterocycles. The van der Waals surface area contributed by atoms with Crippen LogP contribution in [0.3, 0.4) is 0 Å². The van der Waals surface area contributed by atoms with E-state index in [-0.39, 0.29) is 34.4 Å². The van der Waals surface area contributed by atoms with Crippen LogP contribution in [0.15, 0.2) is 76.6 Å². The molecule has 1 fully saturated rings. The number of ether oxygens (including phenoxy) is 1. The van der Waals surface area contributed by atoms with Gasteiger partial charge in [-0.1, -0.05) is 83.6 Å². The molecule has 10 heteroatoms. The molecular weight excluding hydrogens is 537 g/mol. The molecule has 2 aromatic carbocycles. The first-order valence-electron chi connectivity index (χ1n) is 10.8. The number of aryl methyl sites for hydroxylation is 1. The molecule has 2 aromatic heterocycles. The van der Waals surface area contributed by atoms with E-state index < -0.39 is 0 Å². The summed E-state index contributed by atoms with van der Waals surface area (Å²) in [7, 11) is 0. The van der Waals surface area contributed by atoms with Gasteiger partial charge >= 0.3 is 0 Å². The molecule has 5 rings (SSSR count). The van der Waals surface area contributed by atoms with E-state index in [1.54, 1.807) is 42.6 Å². The summed E-state index contributed by atoms with van der Waals surface area (Å²) in [6, 6.07) is 17.7. The van der Waals surface area contributed by atoms with E-state index in [9.17, 15) is 9.59 Å². The number of carbonyl (C=O) groups is 1. The fraction of sp³-hybridized carbons (Fsp3) is 0.0769. The van der Waals surface area contributed by atoms with Gasteiger partial charge in [-0.15, -0.1) is 0 Å². The van der Waals surface area contributed by atoms with E-state index >= 15 is 0 Å². The standard InChI is InChI=1S/C26H17Cl2N3O3S2/c1-15-7-6-12-30-22(15)29-23(34-20-11-5-4-10-19(20)28)17(24(30)32)13-21-25(33)31(26(35)36-21)14-16-8-2-3-9-18(16)27/h2-13H,14H2,1H3/b21-13+. The van der Waals surface area contributed by atoms with Gasteiger partial charge in [0, 0.05) is 11.2 Å². The number of halogens is 2. The maximum atomic E-state index is 13.6. The van der Waals surface area contributed by atoms with Crippen molar-refractivity contribution in [2.24, 2.45) is 0 Å². The second kappa shape index (κ2) is 10.1. The number of benzene rings is 2. The Hall–Kier alpha value is -3.17. The van der Waals surface area contributed by atoms with Crippen LogP contribution in [0.5, 0.6) is 11.6 Å². The van der Waals surface area contributed by atoms with E-state index in [4.69, 9.17) is 40.2 Å². The van der Waals surface area contributed by atoms with Crippen molar-refractivity contribution in [2.45, 2.75) is 13.5 Å². The van der Waals surface area contributed by atoms with Gasteiger partial charge in [0.05, 0.1) is 16.5 Å². The molecule has 3 heterocycles. The molecule has 0 radical (unpaired) electrons. The Morgan fingerprint density at radius 1 is 1.03 bits per heavy atom. The van der Waals surface area contributed by atoms with E-state index in [1.165, 1.54) is 15.4 Å². The zero-order valence-corrected chi connectivity index (χ0v) is 21.9. The number of hydrogen-bond acceptors (Lipinski definition) is 6. The summed E-state index contributed by atoms with van der Waals surface area (Å²) >= 11 is 19.2. The van der Waals surface area contributed by atoms with E-state index in [1.807, 2.05) is 31.2 Å². The zero-order chi connectivity index (χ0) is 25.4. The highest BCUT2D eigenvalue weighted by Crippen LogP contribution is 2.36. The lowest BCUT2D eigenvalue weighted by Crippen LogP contribution is -2.27. The maximum absolute atomic E-state index is 13.6. The summed E-state index contributed by atoms with van der Waals surface area (Å²) in [6.45, 7) is 2.07. The number of rotatable bonds is 5. The Kier molecular flexibility index (Phi) is 6.85. The average molecular weight is 554 g/mol. The Bertz CT molecular complexity index is 1630. The number of thiocarbonyl (C=S) groups is 1. The summed E-state index contributed by atoms with van der Waals surface area (Å²) < 4.78 is 7.80. The van der Waals surface area contributed by atoms with E-state index in [0.29, 0.717) is 25.8 Å². The molecule has 1 amide bonds. The number of carbonyl (C=O) groups excluding carboxylic acids is 1. The number of amides is 1. The van der Waals surface area contributed by atoms with Crippen LogP contribution in [-0.2, 0) is 11.3 Å². The van der Waals surface area contributed by atoms with Crippen LogP contribution in [-0.4, -0.2) is 24.5 Å². The van der Waals surface area contributed by atoms with Crippen molar-refractivity contribution in [3.05, 3.63) is 109 Å². The third-order valence-corrected chi connectivity index (χ3v) is 7.59. The third-order valence-electron chi connectivity index (χ3n) is 5.53. The van der Waals surface area contributed by atoms with E-state index in [0.717, 1.165) is 22.9 Å². The topological polar surface area (TPSA) is 63.9 Å². The predicted molar refractivity (Wildman–Crippen MR) is 148 cm³/mol. The van der Waals surface area contributed by atoms with Gasteiger partial charge < -0.3 is 4.74 Å². The highest BCUT2D eigenvalue weighted by Gasteiger charge is 2.33. The normalized spacial score (nSPS) is 14.8. The van der Waals surface area contributed by atoms with Crippen LogP contribution in [0.1, 0.15) is 16.7 Å². The van der Waals surface area contributed by atoms with Crippen molar-refractivity contribution in [3.8, 4) is 11.6 Å². The second-order valence-electron chi connectivity index (χ2n) is 7.91. The Labute approximate surface area is 226 Å². The van der Waals surface area contributed by atoms with Crippen LogP contribution in [0.2, 0.25) is 10.0 Å². The van der Waals surface area contributed by atoms with Crippen LogP contribution in [0.4, 0.5) is 0 Å². The number of fused-ring (bicyclic) bond motifs is 1. The maximum Gasteiger partial charge on any atom is 0.269 e. The fourth-order valence-electron chi connectivity index (χ4n) is 3.69. The van der Waals surface area contributed by atoms with Crippen LogP contribution in [0.25, 0.3) is 11.7 Å². The summed E-state index contributed by atoms with van der Waals surface area (Å²) in [4.78, 5) is 33.2. The van der Waals surface area contributed by atoms with Crippen molar-refractivity contribution < 1.29 is 9.53 Å². The first kappa shape index (κ1) is 24.5. The molecule has 0 aliphatic carbocycles. The molecule has 1 saturated heterocycles. The van der Waals surface area contributed by atoms with Gasteiger partial charge in [0.2, 0.25) is 5.88 Å². The minimum atomic E-state index is -0.387. The first-order chi connectivity index (χ1) is 17.3. The van der Waals surface area contributed by atoms with Crippen molar-refractivity contribution in [1.29, 1.82) is 0 Å². The summed E-state index contributed by atoms with van der Waals surface area (Å²) in [5.74, 6) is 0.0473. The molecule has 0 N–H and O–H groups in total. The summed E-state index contributed by atoms with van der Waals surface area (Å²) in [5, 5.41) is 0.902. The van der Waals surface area contributed by atoms with Crippen molar-refractivity contribution >= 4 is 69.1 Å². The minimum Gasteiger partial charge on any atom is -0.437 e. The number of hydrogen-bond donors (Lipinski definition) is 0. The Morgan fingerprint density at radius 2 is 1.75 bits per heavy atom. The molecule has 4 aromatic rings. The Balaban J connectivity index is 1.60. The molecule has 1 aliphatic rings. The number of pyridine rings is 1. The molecule has 0 bridgehead atoms. The minimum absolute atomic E-state index is 0.0405. The van der Waals surface area contributed by atoms with Gasteiger partial charge in [-0.05, 0) is 48.4 Å². The number of nitrogens with zero attached hydrogens (tertiary/aromatic N) is 3. The molecule has 0 saturated carbocycles. The lowest BCUT2D eigenvalue weighted by molar-refractivity contribution is -0.122. The molecule has 0 atom stereocenters. The second-order valence-corrected chi connectivity index (χ2v) is 10.4. The first-order valence-corrected chi connectivity index (χ1v) is 12.7. The third kappa shape index (κ3) is 4.65. The summed E-state index contributed by atoms with van der Waals surface area (Å²) in [6.07, 6.45) is 3.10. The van der Waals surface area contributed by atoms with E-state index in [2.05, 4.69) is 4.98 Å². The molecule has 180 valence electrons. The predicted octanol–water partition coefficient (Wildman–Crippen LogP) is 6.50. The lowest BCUT2D eigenvalue weighted by Gasteiger charge is -2.15. The van der Waals surface area contributed by atoms with Gasteiger partial charge in [0.1, 0.15) is 21.3 Å². The largest absolute Gasteiger partial charge is 0.437 e.